The van der Waals surface area contributed by atoms with Crippen LogP contribution < -0.4 is 0 Å². The standard InChI is InChI=1S/C10H8F9N2/c11-8(12,13)3-1-4(9(14,15)16)6-5(2-3)20-7(21-6)10(17,18)19/h3-6H,1-2H2/q-1. The molecule has 0 spiro atoms. The molecule has 0 aromatic rings. The average molecular weight is 327 g/mol. The Balaban J connectivity index is 2.30. The first-order valence-electron chi connectivity index (χ1n) is 5.79. The summed E-state index contributed by atoms with van der Waals surface area (Å²) in [7, 11) is 0. The van der Waals surface area contributed by atoms with Gasteiger partial charge in [-0.2, -0.15) is 39.5 Å². The van der Waals surface area contributed by atoms with E-state index in [2.05, 4.69) is 10.3 Å². The molecule has 4 unspecified atom stereocenters. The highest BCUT2D eigenvalue weighted by atomic mass is 19.4. The number of nitrogens with zero attached hydrogens (tertiary/aromatic N) is 2. The molecule has 1 aliphatic heterocycles. The molecule has 0 N–H and O–H groups in total. The Morgan fingerprint density at radius 2 is 1.43 bits per heavy atom. The Labute approximate surface area is 112 Å². The van der Waals surface area contributed by atoms with Gasteiger partial charge in [0.15, 0.2) is 0 Å². The number of rotatable bonds is 0. The van der Waals surface area contributed by atoms with E-state index in [0.29, 0.717) is 0 Å². The van der Waals surface area contributed by atoms with Crippen LogP contribution in [0.5, 0.6) is 0 Å². The first-order chi connectivity index (χ1) is 9.30. The maximum atomic E-state index is 12.8. The van der Waals surface area contributed by atoms with Gasteiger partial charge in [0.05, 0.1) is 11.8 Å². The maximum absolute atomic E-state index is 12.8. The van der Waals surface area contributed by atoms with Crippen LogP contribution in [0.2, 0.25) is 0 Å². The van der Waals surface area contributed by atoms with E-state index >= 15 is 0 Å². The minimum absolute atomic E-state index is 0.913. The van der Waals surface area contributed by atoms with Crippen LogP contribution in [0.25, 0.3) is 5.32 Å². The van der Waals surface area contributed by atoms with Gasteiger partial charge in [-0.05, 0) is 24.9 Å². The minimum Gasteiger partial charge on any atom is -0.458 e. The van der Waals surface area contributed by atoms with Gasteiger partial charge in [0.25, 0.3) is 0 Å². The predicted molar refractivity (Wildman–Crippen MR) is 52.7 cm³/mol. The normalized spacial score (nSPS) is 34.2. The SMILES string of the molecule is FC(F)(F)C1=NC2CC(C(F)(F)F)CC(C(F)(F)F)C2[N-]1. The van der Waals surface area contributed by atoms with Crippen molar-refractivity contribution in [2.24, 2.45) is 16.8 Å². The number of fused-ring (bicyclic) bond motifs is 1. The van der Waals surface area contributed by atoms with Crippen molar-refractivity contribution in [2.75, 3.05) is 0 Å². The van der Waals surface area contributed by atoms with Crippen molar-refractivity contribution in [1.82, 2.24) is 0 Å². The summed E-state index contributed by atoms with van der Waals surface area (Å²) >= 11 is 0. The van der Waals surface area contributed by atoms with Crippen molar-refractivity contribution < 1.29 is 39.5 Å². The third-order valence-electron chi connectivity index (χ3n) is 3.57. The third-order valence-corrected chi connectivity index (χ3v) is 3.57. The molecule has 2 nitrogen and oxygen atoms in total. The van der Waals surface area contributed by atoms with Gasteiger partial charge in [0.2, 0.25) is 0 Å². The second-order valence-electron chi connectivity index (χ2n) is 5.00. The van der Waals surface area contributed by atoms with Crippen molar-refractivity contribution in [1.29, 1.82) is 0 Å². The van der Waals surface area contributed by atoms with Gasteiger partial charge in [-0.3, -0.25) is 0 Å². The number of amidine groups is 1. The summed E-state index contributed by atoms with van der Waals surface area (Å²) < 4.78 is 114. The van der Waals surface area contributed by atoms with E-state index in [0.717, 1.165) is 0 Å². The summed E-state index contributed by atoms with van der Waals surface area (Å²) in [5, 5.41) is 2.88. The van der Waals surface area contributed by atoms with E-state index in [9.17, 15) is 39.5 Å². The summed E-state index contributed by atoms with van der Waals surface area (Å²) in [6.07, 6.45) is -17.3. The zero-order valence-corrected chi connectivity index (χ0v) is 10.0. The van der Waals surface area contributed by atoms with Gasteiger partial charge in [0, 0.05) is 5.84 Å². The smallest absolute Gasteiger partial charge is 0.408 e. The fraction of sp³-hybridized carbons (Fsp3) is 0.900. The maximum Gasteiger partial charge on any atom is 0.408 e. The molecular formula is C10H8F9N2-. The van der Waals surface area contributed by atoms with Crippen LogP contribution in [0.15, 0.2) is 4.99 Å². The topological polar surface area (TPSA) is 26.5 Å². The number of aliphatic imine (C=N–C) groups is 1. The summed E-state index contributed by atoms with van der Waals surface area (Å²) in [5.41, 5.74) is 0. The monoisotopic (exact) mass is 327 g/mol. The second kappa shape index (κ2) is 4.67. The molecule has 122 valence electrons. The molecule has 1 heterocycles. The lowest BCUT2D eigenvalue weighted by Gasteiger charge is -2.43. The zero-order chi connectivity index (χ0) is 16.2. The van der Waals surface area contributed by atoms with Crippen LogP contribution in [-0.4, -0.2) is 36.4 Å². The van der Waals surface area contributed by atoms with E-state index in [-0.39, 0.29) is 0 Å². The Kier molecular flexibility index (Phi) is 3.60. The van der Waals surface area contributed by atoms with Crippen LogP contribution in [0.3, 0.4) is 0 Å². The molecule has 2 aliphatic rings. The third kappa shape index (κ3) is 3.20. The van der Waals surface area contributed by atoms with Gasteiger partial charge in [-0.1, -0.05) is 0 Å². The minimum atomic E-state index is -5.07. The largest absolute Gasteiger partial charge is 0.458 e. The van der Waals surface area contributed by atoms with E-state index in [4.69, 9.17) is 0 Å². The molecular weight excluding hydrogens is 319 g/mol. The molecule has 0 bridgehead atoms. The van der Waals surface area contributed by atoms with E-state index < -0.39 is 61.1 Å². The summed E-state index contributed by atoms with van der Waals surface area (Å²) in [6.45, 7) is 0. The van der Waals surface area contributed by atoms with Gasteiger partial charge in [0.1, 0.15) is 0 Å². The second-order valence-corrected chi connectivity index (χ2v) is 5.00. The molecule has 1 saturated carbocycles. The molecule has 1 fully saturated rings. The van der Waals surface area contributed by atoms with Crippen LogP contribution in [0.4, 0.5) is 39.5 Å². The van der Waals surface area contributed by atoms with Crippen molar-refractivity contribution in [3.05, 3.63) is 5.32 Å². The summed E-state index contributed by atoms with van der Waals surface area (Å²) in [4.78, 5) is 2.93. The van der Waals surface area contributed by atoms with Crippen molar-refractivity contribution >= 4 is 5.84 Å². The Morgan fingerprint density at radius 1 is 0.857 bits per heavy atom. The molecule has 0 aromatic carbocycles. The fourth-order valence-corrected chi connectivity index (χ4v) is 2.62. The van der Waals surface area contributed by atoms with E-state index in [1.54, 1.807) is 0 Å². The highest BCUT2D eigenvalue weighted by molar-refractivity contribution is 6.01. The van der Waals surface area contributed by atoms with E-state index in [1.165, 1.54) is 0 Å². The summed E-state index contributed by atoms with van der Waals surface area (Å²) in [5.74, 6) is -6.68. The first-order valence-corrected chi connectivity index (χ1v) is 5.79. The fourth-order valence-electron chi connectivity index (χ4n) is 2.62. The Morgan fingerprint density at radius 3 is 1.86 bits per heavy atom. The van der Waals surface area contributed by atoms with Crippen LogP contribution in [-0.2, 0) is 0 Å². The van der Waals surface area contributed by atoms with E-state index in [1.807, 2.05) is 0 Å². The van der Waals surface area contributed by atoms with Gasteiger partial charge >= 0.3 is 18.5 Å². The molecule has 4 atom stereocenters. The van der Waals surface area contributed by atoms with Crippen LogP contribution >= 0.6 is 0 Å². The van der Waals surface area contributed by atoms with Gasteiger partial charge in [-0.15, -0.1) is 0 Å². The molecule has 0 amide bonds. The van der Waals surface area contributed by atoms with Crippen LogP contribution in [0.1, 0.15) is 12.8 Å². The van der Waals surface area contributed by atoms with Crippen molar-refractivity contribution in [3.8, 4) is 0 Å². The lowest BCUT2D eigenvalue weighted by molar-refractivity contribution is -0.224. The van der Waals surface area contributed by atoms with Crippen LogP contribution in [0, 0.1) is 11.8 Å². The molecule has 0 saturated heterocycles. The lowest BCUT2D eigenvalue weighted by atomic mass is 9.75. The number of hydrogen-bond acceptors (Lipinski definition) is 1. The Bertz CT molecular complexity index is 433. The first kappa shape index (κ1) is 16.2. The zero-order valence-electron chi connectivity index (χ0n) is 10.0. The highest BCUT2D eigenvalue weighted by Gasteiger charge is 2.55. The quantitative estimate of drug-likeness (QED) is 0.596. The number of halogens is 9. The lowest BCUT2D eigenvalue weighted by Crippen LogP contribution is -2.47. The highest BCUT2D eigenvalue weighted by Crippen LogP contribution is 2.51. The Hall–Kier alpha value is -1.16. The number of alkyl halides is 9. The predicted octanol–water partition coefficient (Wildman–Crippen LogP) is 4.22. The molecule has 0 radical (unpaired) electrons. The molecule has 0 aromatic heterocycles. The molecule has 2 rings (SSSR count). The van der Waals surface area contributed by atoms with Gasteiger partial charge in [-0.25, -0.2) is 0 Å². The molecule has 21 heavy (non-hydrogen) atoms. The average Bonchev–Trinajstić information content (AvgIpc) is 2.67. The number of hydrogen-bond donors (Lipinski definition) is 0. The van der Waals surface area contributed by atoms with Crippen molar-refractivity contribution in [3.63, 3.8) is 0 Å². The summed E-state index contributed by atoms with van der Waals surface area (Å²) in [6, 6.07) is -3.67. The molecule has 11 heteroatoms. The van der Waals surface area contributed by atoms with Gasteiger partial charge < -0.3 is 10.3 Å². The van der Waals surface area contributed by atoms with Crippen molar-refractivity contribution in [2.45, 2.75) is 43.5 Å². The molecule has 1 aliphatic carbocycles.